The Morgan fingerprint density at radius 3 is 1.76 bits per heavy atom. The van der Waals surface area contributed by atoms with Gasteiger partial charge in [-0.25, -0.2) is 4.79 Å². The molecule has 3 aromatic carbocycles. The molecule has 7 rings (SSSR count). The lowest BCUT2D eigenvalue weighted by Gasteiger charge is -2.54. The maximum Gasteiger partial charge on any atom is 0.329 e. The third kappa shape index (κ3) is 3.21. The van der Waals surface area contributed by atoms with Gasteiger partial charge in [-0.1, -0.05) is 77.8 Å². The highest BCUT2D eigenvalue weighted by molar-refractivity contribution is 6.36. The molecule has 0 radical (unpaired) electrons. The summed E-state index contributed by atoms with van der Waals surface area (Å²) in [4.78, 5) is 39.3. The first-order chi connectivity index (χ1) is 17.6. The molecule has 1 aliphatic heterocycles. The summed E-state index contributed by atoms with van der Waals surface area (Å²) in [7, 11) is 0. The first kappa shape index (κ1) is 24.7. The van der Waals surface area contributed by atoms with Crippen LogP contribution in [0.25, 0.3) is 0 Å². The predicted molar refractivity (Wildman–Crippen MR) is 141 cm³/mol. The van der Waals surface area contributed by atoms with E-state index in [1.165, 1.54) is 6.92 Å². The summed E-state index contributed by atoms with van der Waals surface area (Å²) in [5.41, 5.74) is 3.33. The second kappa shape index (κ2) is 8.47. The normalized spacial score (nSPS) is 28.0. The molecule has 3 aromatic rings. The molecule has 0 N–H and O–H groups in total. The SMILES string of the molecule is C[C@@H](C(=O)OCc1ccc(Cl)cc1Cl)N1C(=O)[C@@H]2[C@H](C1=O)C1(Cl)c3ccccc3C2(Cl)c2ccccc21. The fourth-order valence-electron chi connectivity index (χ4n) is 6.08. The van der Waals surface area contributed by atoms with Gasteiger partial charge in [0.2, 0.25) is 11.8 Å². The van der Waals surface area contributed by atoms with Gasteiger partial charge in [-0.3, -0.25) is 14.5 Å². The van der Waals surface area contributed by atoms with Crippen molar-refractivity contribution >= 4 is 64.2 Å². The van der Waals surface area contributed by atoms with E-state index >= 15 is 0 Å². The maximum absolute atomic E-state index is 13.9. The molecule has 1 saturated heterocycles. The van der Waals surface area contributed by atoms with Gasteiger partial charge in [-0.15, -0.1) is 23.2 Å². The van der Waals surface area contributed by atoms with E-state index in [1.54, 1.807) is 18.2 Å². The number of imide groups is 1. The number of benzene rings is 3. The van der Waals surface area contributed by atoms with Crippen molar-refractivity contribution in [1.82, 2.24) is 4.90 Å². The molecule has 3 aliphatic carbocycles. The van der Waals surface area contributed by atoms with E-state index in [4.69, 9.17) is 51.1 Å². The van der Waals surface area contributed by atoms with Gasteiger partial charge in [0.1, 0.15) is 22.4 Å². The molecule has 9 heteroatoms. The Morgan fingerprint density at radius 1 is 0.865 bits per heavy atom. The minimum absolute atomic E-state index is 0.141. The molecule has 2 amide bonds. The average molecular weight is 575 g/mol. The lowest BCUT2D eigenvalue weighted by molar-refractivity contribution is -0.159. The number of carbonyl (C=O) groups is 3. The molecular formula is C28H19Cl4NO4. The maximum atomic E-state index is 13.9. The predicted octanol–water partition coefficient (Wildman–Crippen LogP) is 6.02. The van der Waals surface area contributed by atoms with Gasteiger partial charge in [-0.05, 0) is 41.3 Å². The minimum atomic E-state index is -1.31. The second-order valence-electron chi connectivity index (χ2n) is 9.54. The Balaban J connectivity index is 1.37. The van der Waals surface area contributed by atoms with E-state index in [0.29, 0.717) is 37.9 Å². The van der Waals surface area contributed by atoms with Crippen molar-refractivity contribution in [2.75, 3.05) is 0 Å². The first-order valence-electron chi connectivity index (χ1n) is 11.7. The van der Waals surface area contributed by atoms with Crippen LogP contribution in [0.4, 0.5) is 0 Å². The molecule has 2 bridgehead atoms. The number of amides is 2. The van der Waals surface area contributed by atoms with Crippen LogP contribution in [-0.4, -0.2) is 28.7 Å². The number of esters is 1. The van der Waals surface area contributed by atoms with E-state index in [-0.39, 0.29) is 6.61 Å². The molecule has 1 fully saturated rings. The van der Waals surface area contributed by atoms with Crippen molar-refractivity contribution in [2.45, 2.75) is 29.3 Å². The summed E-state index contributed by atoms with van der Waals surface area (Å²) in [5.74, 6) is -3.81. The summed E-state index contributed by atoms with van der Waals surface area (Å²) in [6, 6.07) is 18.3. The van der Waals surface area contributed by atoms with Gasteiger partial charge in [0.15, 0.2) is 0 Å². The van der Waals surface area contributed by atoms with Gasteiger partial charge < -0.3 is 4.74 Å². The zero-order valence-electron chi connectivity index (χ0n) is 19.4. The Morgan fingerprint density at radius 2 is 1.32 bits per heavy atom. The Hall–Kier alpha value is -2.57. The van der Waals surface area contributed by atoms with Crippen molar-refractivity contribution in [2.24, 2.45) is 11.8 Å². The molecule has 0 spiro atoms. The number of alkyl halides is 2. The van der Waals surface area contributed by atoms with E-state index in [2.05, 4.69) is 0 Å². The Labute approximate surface area is 233 Å². The highest BCUT2D eigenvalue weighted by Gasteiger charge is 2.73. The van der Waals surface area contributed by atoms with Gasteiger partial charge in [0.25, 0.3) is 0 Å². The molecule has 1 heterocycles. The molecule has 188 valence electrons. The zero-order chi connectivity index (χ0) is 26.3. The number of hydrogen-bond acceptors (Lipinski definition) is 4. The lowest BCUT2D eigenvalue weighted by Crippen LogP contribution is -2.57. The number of likely N-dealkylation sites (tertiary alicyclic amines) is 1. The van der Waals surface area contributed by atoms with Crippen LogP contribution in [0.1, 0.15) is 34.7 Å². The molecule has 0 unspecified atom stereocenters. The van der Waals surface area contributed by atoms with E-state index in [1.807, 2.05) is 48.5 Å². The number of rotatable bonds is 4. The fourth-order valence-corrected chi connectivity index (χ4v) is 7.64. The van der Waals surface area contributed by atoms with Crippen LogP contribution in [-0.2, 0) is 35.5 Å². The number of nitrogens with zero attached hydrogens (tertiary/aromatic N) is 1. The van der Waals surface area contributed by atoms with Crippen LogP contribution in [0.15, 0.2) is 66.7 Å². The van der Waals surface area contributed by atoms with Crippen molar-refractivity contribution in [3.8, 4) is 0 Å². The van der Waals surface area contributed by atoms with Crippen LogP contribution >= 0.6 is 46.4 Å². The molecule has 0 aromatic heterocycles. The van der Waals surface area contributed by atoms with Crippen LogP contribution in [0.3, 0.4) is 0 Å². The topological polar surface area (TPSA) is 63.7 Å². The minimum Gasteiger partial charge on any atom is -0.459 e. The average Bonchev–Trinajstić information content (AvgIpc) is 3.17. The summed E-state index contributed by atoms with van der Waals surface area (Å²) < 4.78 is 5.44. The molecule has 4 aliphatic rings. The standard InChI is InChI=1S/C28H19Cl4NO4/c1-14(26(36)37-13-15-10-11-16(29)12-21(15)30)33-24(34)22-23(25(33)35)28(32)18-7-3-2-6-17(18)27(22,31)19-8-4-5-9-20(19)28/h2-12,14,22-23H,13H2,1H3/t14-,22-,23+,27?,28?/m0/s1. The van der Waals surface area contributed by atoms with Crippen LogP contribution in [0.5, 0.6) is 0 Å². The van der Waals surface area contributed by atoms with Crippen molar-refractivity contribution in [3.63, 3.8) is 0 Å². The first-order valence-corrected chi connectivity index (χ1v) is 13.2. The summed E-state index contributed by atoms with van der Waals surface area (Å²) in [6.07, 6.45) is 0. The van der Waals surface area contributed by atoms with Crippen LogP contribution in [0, 0.1) is 11.8 Å². The Bertz CT molecular complexity index is 1380. The van der Waals surface area contributed by atoms with Gasteiger partial charge in [0.05, 0.1) is 11.8 Å². The zero-order valence-corrected chi connectivity index (χ0v) is 22.4. The number of carbonyl (C=O) groups excluding carboxylic acids is 3. The van der Waals surface area contributed by atoms with E-state index < -0.39 is 45.4 Å². The van der Waals surface area contributed by atoms with Gasteiger partial charge in [0, 0.05) is 15.6 Å². The number of ether oxygens (including phenoxy) is 1. The van der Waals surface area contributed by atoms with Gasteiger partial charge in [-0.2, -0.15) is 0 Å². The summed E-state index contributed by atoms with van der Waals surface area (Å²) >= 11 is 26.9. The van der Waals surface area contributed by atoms with E-state index in [0.717, 1.165) is 4.90 Å². The third-order valence-corrected chi connectivity index (χ3v) is 9.60. The summed E-state index contributed by atoms with van der Waals surface area (Å²) in [5, 5.41) is 0.790. The monoisotopic (exact) mass is 573 g/mol. The highest BCUT2D eigenvalue weighted by Crippen LogP contribution is 2.69. The molecule has 3 atom stereocenters. The molecule has 5 nitrogen and oxygen atoms in total. The van der Waals surface area contributed by atoms with Crippen molar-refractivity contribution < 1.29 is 19.1 Å². The fraction of sp³-hybridized carbons (Fsp3) is 0.250. The van der Waals surface area contributed by atoms with Crippen molar-refractivity contribution in [3.05, 3.63) is 105 Å². The molecule has 0 saturated carbocycles. The Kier molecular flexibility index (Phi) is 5.67. The number of hydrogen-bond donors (Lipinski definition) is 0. The van der Waals surface area contributed by atoms with Gasteiger partial charge >= 0.3 is 5.97 Å². The smallest absolute Gasteiger partial charge is 0.329 e. The summed E-state index contributed by atoms with van der Waals surface area (Å²) in [6.45, 7) is 1.32. The van der Waals surface area contributed by atoms with Crippen LogP contribution in [0.2, 0.25) is 10.0 Å². The molecular weight excluding hydrogens is 556 g/mol. The van der Waals surface area contributed by atoms with E-state index in [9.17, 15) is 14.4 Å². The van der Waals surface area contributed by atoms with Crippen LogP contribution < -0.4 is 0 Å². The molecule has 37 heavy (non-hydrogen) atoms. The largest absolute Gasteiger partial charge is 0.459 e. The third-order valence-electron chi connectivity index (χ3n) is 7.73. The van der Waals surface area contributed by atoms with Crippen molar-refractivity contribution in [1.29, 1.82) is 0 Å². The lowest BCUT2D eigenvalue weighted by atomic mass is 9.54. The quantitative estimate of drug-likeness (QED) is 0.217. The number of halogens is 4. The second-order valence-corrected chi connectivity index (χ2v) is 11.6. The highest BCUT2D eigenvalue weighted by atomic mass is 35.5.